The predicted molar refractivity (Wildman–Crippen MR) is 62.0 cm³/mol. The average Bonchev–Trinajstić information content (AvgIpc) is 2.24. The molecule has 1 amide bonds. The summed E-state index contributed by atoms with van der Waals surface area (Å²) in [6.07, 6.45) is 0. The normalized spacial score (nSPS) is 9.56. The third-order valence-electron chi connectivity index (χ3n) is 1.92. The minimum atomic E-state index is -0.896. The van der Waals surface area contributed by atoms with Crippen LogP contribution in [0.1, 0.15) is 6.92 Å². The zero-order valence-electron chi connectivity index (χ0n) is 9.08. The number of carbonyl (C=O) groups excluding carboxylic acids is 2. The van der Waals surface area contributed by atoms with Gasteiger partial charge in [-0.05, 0) is 29.5 Å². The molecule has 0 saturated heterocycles. The Morgan fingerprint density at radius 2 is 2.00 bits per heavy atom. The van der Waals surface area contributed by atoms with Crippen molar-refractivity contribution in [2.75, 3.05) is 11.9 Å². The smallest absolute Gasteiger partial charge is 0.397 e. The molecular formula is C12H13NO3. The molecule has 1 N–H and O–H groups in total. The molecule has 1 rings (SSSR count). The van der Waals surface area contributed by atoms with E-state index in [0.29, 0.717) is 10.9 Å². The van der Waals surface area contributed by atoms with Crippen LogP contribution in [0.15, 0.2) is 18.2 Å². The second-order valence-corrected chi connectivity index (χ2v) is 3.16. The van der Waals surface area contributed by atoms with E-state index in [1.165, 1.54) is 0 Å². The van der Waals surface area contributed by atoms with Crippen LogP contribution in [-0.2, 0) is 14.3 Å². The quantitative estimate of drug-likeness (QED) is 0.563. The van der Waals surface area contributed by atoms with Crippen molar-refractivity contribution in [2.24, 2.45) is 0 Å². The highest BCUT2D eigenvalue weighted by molar-refractivity contribution is 6.37. The Morgan fingerprint density at radius 1 is 1.31 bits per heavy atom. The maximum Gasteiger partial charge on any atom is 0.397 e. The standard InChI is InChI=1S/C12H13NO3/c1-4-16-12(15)11(14)13-10-6-5-8(2)9(3)7-10/h5-7H,2-4H2,1H3,(H,13,14). The van der Waals surface area contributed by atoms with Crippen LogP contribution in [0.25, 0.3) is 13.2 Å². The molecule has 0 unspecified atom stereocenters. The van der Waals surface area contributed by atoms with Gasteiger partial charge in [0.15, 0.2) is 0 Å². The van der Waals surface area contributed by atoms with E-state index in [4.69, 9.17) is 0 Å². The molecule has 0 aliphatic rings. The molecule has 1 aromatic rings. The summed E-state index contributed by atoms with van der Waals surface area (Å²) >= 11 is 0. The Kier molecular flexibility index (Phi) is 3.83. The van der Waals surface area contributed by atoms with E-state index in [1.54, 1.807) is 25.1 Å². The number of ether oxygens (including phenoxy) is 1. The number of rotatable bonds is 2. The molecule has 4 heteroatoms. The molecule has 0 heterocycles. The number of hydrogen-bond acceptors (Lipinski definition) is 3. The fourth-order valence-corrected chi connectivity index (χ4v) is 1.08. The molecule has 1 aromatic carbocycles. The van der Waals surface area contributed by atoms with Gasteiger partial charge in [-0.3, -0.25) is 4.79 Å². The Balaban J connectivity index is 2.77. The van der Waals surface area contributed by atoms with Crippen molar-refractivity contribution in [1.82, 2.24) is 0 Å². The van der Waals surface area contributed by atoms with Crippen molar-refractivity contribution >= 4 is 30.7 Å². The first-order valence-electron chi connectivity index (χ1n) is 4.80. The van der Waals surface area contributed by atoms with Gasteiger partial charge >= 0.3 is 11.9 Å². The van der Waals surface area contributed by atoms with Crippen LogP contribution in [0.2, 0.25) is 0 Å². The molecule has 0 aromatic heterocycles. The molecule has 84 valence electrons. The van der Waals surface area contributed by atoms with Crippen molar-refractivity contribution in [2.45, 2.75) is 6.92 Å². The molecule has 4 nitrogen and oxygen atoms in total. The summed E-state index contributed by atoms with van der Waals surface area (Å²) in [6.45, 7) is 9.28. The highest BCUT2D eigenvalue weighted by atomic mass is 16.5. The second-order valence-electron chi connectivity index (χ2n) is 3.16. The van der Waals surface area contributed by atoms with Gasteiger partial charge in [-0.15, -0.1) is 0 Å². The zero-order chi connectivity index (χ0) is 12.1. The first-order chi connectivity index (χ1) is 7.54. The topological polar surface area (TPSA) is 55.4 Å². The highest BCUT2D eigenvalue weighted by Gasteiger charge is 2.14. The Hall–Kier alpha value is -2.10. The molecule has 0 aliphatic carbocycles. The third-order valence-corrected chi connectivity index (χ3v) is 1.92. The summed E-state index contributed by atoms with van der Waals surface area (Å²) in [5.41, 5.74) is 0.496. The largest absolute Gasteiger partial charge is 0.459 e. The van der Waals surface area contributed by atoms with Gasteiger partial charge < -0.3 is 10.1 Å². The van der Waals surface area contributed by atoms with Gasteiger partial charge in [0.1, 0.15) is 0 Å². The summed E-state index contributed by atoms with van der Waals surface area (Å²) in [4.78, 5) is 22.3. The first-order valence-corrected chi connectivity index (χ1v) is 4.80. The minimum absolute atomic E-state index is 0.171. The van der Waals surface area contributed by atoms with E-state index >= 15 is 0 Å². The fourth-order valence-electron chi connectivity index (χ4n) is 1.08. The van der Waals surface area contributed by atoms with Gasteiger partial charge in [-0.2, -0.15) is 0 Å². The molecule has 0 aliphatic heterocycles. The van der Waals surface area contributed by atoms with Crippen molar-refractivity contribution in [3.8, 4) is 0 Å². The number of hydrogen-bond donors (Lipinski definition) is 1. The monoisotopic (exact) mass is 219 g/mol. The zero-order valence-corrected chi connectivity index (χ0v) is 9.08. The van der Waals surface area contributed by atoms with Crippen LogP contribution in [0.4, 0.5) is 5.69 Å². The molecule has 0 spiro atoms. The maximum atomic E-state index is 11.3. The lowest BCUT2D eigenvalue weighted by molar-refractivity contribution is -0.152. The number of anilines is 1. The average molecular weight is 219 g/mol. The van der Waals surface area contributed by atoms with E-state index in [1.807, 2.05) is 0 Å². The molecule has 0 atom stereocenters. The number of esters is 1. The van der Waals surface area contributed by atoms with Crippen LogP contribution in [0.3, 0.4) is 0 Å². The molecule has 0 fully saturated rings. The SMILES string of the molecule is C=c1ccc(NC(=O)C(=O)OCC)cc1=C. The fraction of sp³-hybridized carbons (Fsp3) is 0.167. The lowest BCUT2D eigenvalue weighted by Gasteiger charge is -2.04. The van der Waals surface area contributed by atoms with Gasteiger partial charge in [0, 0.05) is 5.69 Å². The van der Waals surface area contributed by atoms with E-state index in [0.717, 1.165) is 5.22 Å². The third kappa shape index (κ3) is 2.95. The highest BCUT2D eigenvalue weighted by Crippen LogP contribution is 1.99. The maximum absolute atomic E-state index is 11.3. The van der Waals surface area contributed by atoms with Crippen LogP contribution in [0.5, 0.6) is 0 Å². The lowest BCUT2D eigenvalue weighted by atomic mass is 10.2. The Labute approximate surface area is 93.2 Å². The van der Waals surface area contributed by atoms with Crippen LogP contribution in [0, 0.1) is 0 Å². The van der Waals surface area contributed by atoms with E-state index in [2.05, 4.69) is 23.2 Å². The van der Waals surface area contributed by atoms with Gasteiger partial charge in [0.2, 0.25) is 0 Å². The van der Waals surface area contributed by atoms with E-state index in [9.17, 15) is 9.59 Å². The number of amides is 1. The summed E-state index contributed by atoms with van der Waals surface area (Å²) in [5.74, 6) is -1.69. The van der Waals surface area contributed by atoms with Gasteiger partial charge in [0.25, 0.3) is 0 Å². The number of nitrogens with one attached hydrogen (secondary N) is 1. The van der Waals surface area contributed by atoms with Crippen LogP contribution in [-0.4, -0.2) is 18.5 Å². The second kappa shape index (κ2) is 5.11. The molecule has 0 saturated carbocycles. The predicted octanol–water partition coefficient (Wildman–Crippen LogP) is 0.00880. The summed E-state index contributed by atoms with van der Waals surface area (Å²) in [7, 11) is 0. The molecular weight excluding hydrogens is 206 g/mol. The summed E-state index contributed by atoms with van der Waals surface area (Å²) < 4.78 is 4.55. The first kappa shape index (κ1) is 12.0. The number of carbonyl (C=O) groups is 2. The van der Waals surface area contributed by atoms with Crippen LogP contribution >= 0.6 is 0 Å². The summed E-state index contributed by atoms with van der Waals surface area (Å²) in [6, 6.07) is 5.00. The number of benzene rings is 1. The summed E-state index contributed by atoms with van der Waals surface area (Å²) in [5, 5.41) is 3.88. The van der Waals surface area contributed by atoms with Crippen molar-refractivity contribution in [3.63, 3.8) is 0 Å². The van der Waals surface area contributed by atoms with E-state index < -0.39 is 11.9 Å². The van der Waals surface area contributed by atoms with Crippen molar-refractivity contribution < 1.29 is 14.3 Å². The Bertz CT molecular complexity index is 507. The molecule has 0 bridgehead atoms. The molecule has 0 radical (unpaired) electrons. The minimum Gasteiger partial charge on any atom is -0.459 e. The van der Waals surface area contributed by atoms with Gasteiger partial charge in [-0.25, -0.2) is 4.79 Å². The van der Waals surface area contributed by atoms with Gasteiger partial charge in [0.05, 0.1) is 6.61 Å². The molecule has 16 heavy (non-hydrogen) atoms. The van der Waals surface area contributed by atoms with Crippen molar-refractivity contribution in [1.29, 1.82) is 0 Å². The van der Waals surface area contributed by atoms with Crippen LogP contribution < -0.4 is 15.8 Å². The van der Waals surface area contributed by atoms with Crippen molar-refractivity contribution in [3.05, 3.63) is 28.6 Å². The Morgan fingerprint density at radius 3 is 2.56 bits per heavy atom. The van der Waals surface area contributed by atoms with Gasteiger partial charge in [-0.1, -0.05) is 19.2 Å². The lowest BCUT2D eigenvalue weighted by Crippen LogP contribution is -2.27. The van der Waals surface area contributed by atoms with E-state index in [-0.39, 0.29) is 6.61 Å².